The lowest BCUT2D eigenvalue weighted by molar-refractivity contribution is -0.141. The monoisotopic (exact) mass is 409 g/mol. The van der Waals surface area contributed by atoms with Crippen molar-refractivity contribution in [2.75, 3.05) is 13.7 Å². The summed E-state index contributed by atoms with van der Waals surface area (Å²) in [6.45, 7) is 0.469. The smallest absolute Gasteiger partial charge is 0.433 e. The van der Waals surface area contributed by atoms with Crippen LogP contribution in [0.1, 0.15) is 42.2 Å². The van der Waals surface area contributed by atoms with Gasteiger partial charge < -0.3 is 14.7 Å². The number of amides is 1. The van der Waals surface area contributed by atoms with E-state index in [1.807, 2.05) is 0 Å². The summed E-state index contributed by atoms with van der Waals surface area (Å²) in [5.41, 5.74) is -0.111. The van der Waals surface area contributed by atoms with Crippen molar-refractivity contribution in [3.8, 4) is 5.75 Å². The molecular formula is C20H22F3N3O3. The molecule has 3 rings (SSSR count). The van der Waals surface area contributed by atoms with E-state index in [0.717, 1.165) is 25.1 Å². The van der Waals surface area contributed by atoms with Crippen molar-refractivity contribution in [2.45, 2.75) is 44.0 Å². The summed E-state index contributed by atoms with van der Waals surface area (Å²) in [6.07, 6.45) is 0.813. The Bertz CT molecular complexity index is 843. The van der Waals surface area contributed by atoms with Gasteiger partial charge in [0.1, 0.15) is 17.5 Å². The molecule has 9 heteroatoms. The first kappa shape index (κ1) is 21.0. The molecule has 1 unspecified atom stereocenters. The molecule has 0 aromatic carbocycles. The molecule has 0 spiro atoms. The number of piperidine rings is 1. The quantitative estimate of drug-likeness (QED) is 0.821. The maximum Gasteiger partial charge on any atom is 0.433 e. The van der Waals surface area contributed by atoms with Gasteiger partial charge in [-0.2, -0.15) is 13.2 Å². The van der Waals surface area contributed by atoms with E-state index in [2.05, 4.69) is 9.97 Å². The molecule has 1 saturated heterocycles. The molecule has 3 heterocycles. The third kappa shape index (κ3) is 4.84. The number of hydrogen-bond acceptors (Lipinski definition) is 5. The van der Waals surface area contributed by atoms with Gasteiger partial charge in [0.25, 0.3) is 0 Å². The van der Waals surface area contributed by atoms with E-state index in [1.165, 1.54) is 19.4 Å². The van der Waals surface area contributed by atoms with Gasteiger partial charge in [0.05, 0.1) is 19.6 Å². The lowest BCUT2D eigenvalue weighted by Gasteiger charge is -2.39. The van der Waals surface area contributed by atoms with Crippen molar-refractivity contribution < 1.29 is 27.8 Å². The van der Waals surface area contributed by atoms with Crippen LogP contribution in [0.2, 0.25) is 0 Å². The van der Waals surface area contributed by atoms with E-state index >= 15 is 0 Å². The van der Waals surface area contributed by atoms with E-state index in [1.54, 1.807) is 17.2 Å². The number of alkyl halides is 3. The molecule has 2 atom stereocenters. The molecule has 2 aromatic heterocycles. The maximum absolute atomic E-state index is 12.9. The SMILES string of the molecule is COc1ccncc1C(O)[C@@H]1CCCCN1C(=O)Cc1ccc(C(F)(F)F)nc1. The predicted octanol–water partition coefficient (Wildman–Crippen LogP) is 3.16. The second-order valence-corrected chi connectivity index (χ2v) is 6.94. The minimum atomic E-state index is -4.52. The Morgan fingerprint density at radius 2 is 2.10 bits per heavy atom. The van der Waals surface area contributed by atoms with Crippen LogP contribution in [0.25, 0.3) is 0 Å². The number of aliphatic hydroxyl groups excluding tert-OH is 1. The molecule has 1 N–H and O–H groups in total. The van der Waals surface area contributed by atoms with Crippen molar-refractivity contribution in [1.82, 2.24) is 14.9 Å². The van der Waals surface area contributed by atoms with Crippen molar-refractivity contribution >= 4 is 5.91 Å². The van der Waals surface area contributed by atoms with Gasteiger partial charge in [0.2, 0.25) is 5.91 Å². The second-order valence-electron chi connectivity index (χ2n) is 6.94. The van der Waals surface area contributed by atoms with Crippen molar-refractivity contribution in [1.29, 1.82) is 0 Å². The normalized spacial score (nSPS) is 18.4. The van der Waals surface area contributed by atoms with E-state index in [-0.39, 0.29) is 12.3 Å². The van der Waals surface area contributed by atoms with Gasteiger partial charge in [-0.05, 0) is 37.0 Å². The number of carbonyl (C=O) groups is 1. The number of aromatic nitrogens is 2. The molecule has 0 bridgehead atoms. The lowest BCUT2D eigenvalue weighted by Crippen LogP contribution is -2.47. The molecule has 0 saturated carbocycles. The largest absolute Gasteiger partial charge is 0.496 e. The highest BCUT2D eigenvalue weighted by Gasteiger charge is 2.35. The zero-order valence-corrected chi connectivity index (χ0v) is 15.9. The minimum absolute atomic E-state index is 0.0848. The van der Waals surface area contributed by atoms with Crippen molar-refractivity contribution in [3.63, 3.8) is 0 Å². The molecule has 2 aromatic rings. The molecule has 0 aliphatic carbocycles. The van der Waals surface area contributed by atoms with Crippen LogP contribution in [-0.4, -0.2) is 45.6 Å². The maximum atomic E-state index is 12.9. The van der Waals surface area contributed by atoms with E-state index in [0.29, 0.717) is 29.8 Å². The molecule has 156 valence electrons. The molecule has 29 heavy (non-hydrogen) atoms. The summed E-state index contributed by atoms with van der Waals surface area (Å²) >= 11 is 0. The average molecular weight is 409 g/mol. The Kier molecular flexibility index (Phi) is 6.36. The van der Waals surface area contributed by atoms with E-state index in [9.17, 15) is 23.1 Å². The number of nitrogens with zero attached hydrogens (tertiary/aromatic N) is 3. The fourth-order valence-electron chi connectivity index (χ4n) is 3.58. The number of rotatable bonds is 5. The van der Waals surface area contributed by atoms with E-state index < -0.39 is 24.0 Å². The van der Waals surface area contributed by atoms with Crippen LogP contribution in [0.3, 0.4) is 0 Å². The lowest BCUT2D eigenvalue weighted by atomic mass is 9.92. The van der Waals surface area contributed by atoms with Crippen LogP contribution in [0.5, 0.6) is 5.75 Å². The Balaban J connectivity index is 1.76. The summed E-state index contributed by atoms with van der Waals surface area (Å²) in [7, 11) is 1.49. The van der Waals surface area contributed by atoms with Gasteiger partial charge in [0.15, 0.2) is 0 Å². The number of carbonyl (C=O) groups excluding carboxylic acids is 1. The third-order valence-electron chi connectivity index (χ3n) is 5.05. The molecule has 1 aliphatic heterocycles. The van der Waals surface area contributed by atoms with Gasteiger partial charge in [0, 0.05) is 30.7 Å². The highest BCUT2D eigenvalue weighted by Crippen LogP contribution is 2.33. The van der Waals surface area contributed by atoms with Gasteiger partial charge in [-0.15, -0.1) is 0 Å². The Morgan fingerprint density at radius 1 is 1.31 bits per heavy atom. The number of aliphatic hydroxyl groups is 1. The van der Waals surface area contributed by atoms with Crippen LogP contribution >= 0.6 is 0 Å². The highest BCUT2D eigenvalue weighted by atomic mass is 19.4. The molecular weight excluding hydrogens is 387 g/mol. The summed E-state index contributed by atoms with van der Waals surface area (Å²) < 4.78 is 43.2. The van der Waals surface area contributed by atoms with Crippen LogP contribution in [0, 0.1) is 0 Å². The second kappa shape index (κ2) is 8.77. The number of halogens is 3. The summed E-state index contributed by atoms with van der Waals surface area (Å²) in [5.74, 6) is 0.218. The molecule has 1 aliphatic rings. The zero-order chi connectivity index (χ0) is 21.0. The first-order valence-electron chi connectivity index (χ1n) is 9.29. The number of likely N-dealkylation sites (tertiary alicyclic amines) is 1. The topological polar surface area (TPSA) is 75.6 Å². The standard InChI is InChI=1S/C20H22F3N3O3/c1-29-16-7-8-24-12-14(16)19(28)15-4-2-3-9-26(15)18(27)10-13-5-6-17(25-11-13)20(21,22)23/h5-8,11-12,15,19,28H,2-4,9-10H2,1H3/t15-,19?/m0/s1. The van der Waals surface area contributed by atoms with Crippen molar-refractivity contribution in [3.05, 3.63) is 53.6 Å². The van der Waals surface area contributed by atoms with Gasteiger partial charge in [-0.3, -0.25) is 14.8 Å². The number of methoxy groups -OCH3 is 1. The first-order chi connectivity index (χ1) is 13.8. The van der Waals surface area contributed by atoms with Gasteiger partial charge >= 0.3 is 6.18 Å². The van der Waals surface area contributed by atoms with Gasteiger partial charge in [-0.25, -0.2) is 0 Å². The predicted molar refractivity (Wildman–Crippen MR) is 98.0 cm³/mol. The molecule has 0 radical (unpaired) electrons. The van der Waals surface area contributed by atoms with Crippen LogP contribution in [0.15, 0.2) is 36.8 Å². The van der Waals surface area contributed by atoms with Crippen LogP contribution < -0.4 is 4.74 Å². The zero-order valence-electron chi connectivity index (χ0n) is 15.9. The fraction of sp³-hybridized carbons (Fsp3) is 0.450. The number of hydrogen-bond donors (Lipinski definition) is 1. The first-order valence-corrected chi connectivity index (χ1v) is 9.29. The minimum Gasteiger partial charge on any atom is -0.496 e. The Hall–Kier alpha value is -2.68. The van der Waals surface area contributed by atoms with Crippen molar-refractivity contribution in [2.24, 2.45) is 0 Å². The summed E-state index contributed by atoms with van der Waals surface area (Å²) in [4.78, 5) is 21.9. The third-order valence-corrected chi connectivity index (χ3v) is 5.05. The highest BCUT2D eigenvalue weighted by molar-refractivity contribution is 5.79. The van der Waals surface area contributed by atoms with Crippen LogP contribution in [0.4, 0.5) is 13.2 Å². The molecule has 6 nitrogen and oxygen atoms in total. The van der Waals surface area contributed by atoms with E-state index in [4.69, 9.17) is 4.74 Å². The molecule has 1 fully saturated rings. The van der Waals surface area contributed by atoms with Crippen LogP contribution in [-0.2, 0) is 17.4 Å². The van der Waals surface area contributed by atoms with Gasteiger partial charge in [-0.1, -0.05) is 6.07 Å². The summed E-state index contributed by atoms with van der Waals surface area (Å²) in [6, 6.07) is 3.30. The fourth-order valence-corrected chi connectivity index (χ4v) is 3.58. The Labute approximate surface area is 166 Å². The number of pyridine rings is 2. The average Bonchev–Trinajstić information content (AvgIpc) is 2.73. The Morgan fingerprint density at radius 3 is 2.76 bits per heavy atom. The molecule has 1 amide bonds. The number of ether oxygens (including phenoxy) is 1. The summed E-state index contributed by atoms with van der Waals surface area (Å²) in [5, 5.41) is 10.9.